The Morgan fingerprint density at radius 1 is 1.41 bits per heavy atom. The second-order valence-electron chi connectivity index (χ2n) is 2.92. The minimum absolute atomic E-state index is 0. The molecule has 0 atom stereocenters. The van der Waals surface area contributed by atoms with Gasteiger partial charge in [-0.05, 0) is 25.5 Å². The van der Waals surface area contributed by atoms with Crippen LogP contribution in [0.25, 0.3) is 0 Å². The highest BCUT2D eigenvalue weighted by Crippen LogP contribution is 2.23. The molecular formula is C10H12O5S2. The van der Waals surface area contributed by atoms with Crippen LogP contribution in [0.1, 0.15) is 12.5 Å². The van der Waals surface area contributed by atoms with E-state index in [1.54, 1.807) is 26.0 Å². The monoisotopic (exact) mass is 276 g/mol. The number of aryl methyl sites for hydroxylation is 1. The third-order valence-electron chi connectivity index (χ3n) is 1.72. The van der Waals surface area contributed by atoms with Crippen molar-refractivity contribution in [2.45, 2.75) is 18.7 Å². The van der Waals surface area contributed by atoms with E-state index in [1.165, 1.54) is 6.07 Å². The summed E-state index contributed by atoms with van der Waals surface area (Å²) in [4.78, 5) is -0.157. The Labute approximate surface area is 104 Å². The van der Waals surface area contributed by atoms with E-state index in [9.17, 15) is 8.42 Å². The molecule has 94 valence electrons. The van der Waals surface area contributed by atoms with E-state index in [0.717, 1.165) is 12.0 Å². The minimum Gasteiger partial charge on any atom is -0.412 e. The Morgan fingerprint density at radius 3 is 2.59 bits per heavy atom. The molecule has 0 aliphatic carbocycles. The van der Waals surface area contributed by atoms with Crippen molar-refractivity contribution in [1.29, 1.82) is 0 Å². The molecule has 1 aromatic carbocycles. The molecule has 0 saturated heterocycles. The van der Waals surface area contributed by atoms with Crippen molar-refractivity contribution in [3.8, 4) is 16.9 Å². The van der Waals surface area contributed by atoms with Gasteiger partial charge in [0.25, 0.3) is 10.1 Å². The van der Waals surface area contributed by atoms with Gasteiger partial charge in [0.1, 0.15) is 22.7 Å². The maximum absolute atomic E-state index is 11.0. The highest BCUT2D eigenvalue weighted by molar-refractivity contribution is 7.99. The molecule has 0 unspecified atom stereocenters. The summed E-state index contributed by atoms with van der Waals surface area (Å²) in [6.45, 7) is 3.25. The van der Waals surface area contributed by atoms with Crippen LogP contribution in [0.3, 0.4) is 0 Å². The molecule has 0 saturated carbocycles. The lowest BCUT2D eigenvalue weighted by Gasteiger charge is -2.05. The highest BCUT2D eigenvalue weighted by atomic mass is 32.2. The molecule has 0 aromatic heterocycles. The maximum atomic E-state index is 11.0. The SMILES string of the molecule is CC#CSOc1ccc(C)c(S(=O)(=O)O)c1.O. The van der Waals surface area contributed by atoms with Crippen LogP contribution in [-0.2, 0) is 10.1 Å². The fourth-order valence-corrected chi connectivity index (χ4v) is 2.09. The smallest absolute Gasteiger partial charge is 0.294 e. The normalized spacial score (nSPS) is 9.82. The van der Waals surface area contributed by atoms with Crippen molar-refractivity contribution in [2.24, 2.45) is 0 Å². The van der Waals surface area contributed by atoms with E-state index < -0.39 is 10.1 Å². The van der Waals surface area contributed by atoms with Gasteiger partial charge in [0.05, 0.1) is 0 Å². The summed E-state index contributed by atoms with van der Waals surface area (Å²) < 4.78 is 36.1. The van der Waals surface area contributed by atoms with Gasteiger partial charge >= 0.3 is 0 Å². The van der Waals surface area contributed by atoms with Crippen molar-refractivity contribution in [3.63, 3.8) is 0 Å². The summed E-state index contributed by atoms with van der Waals surface area (Å²) in [5.41, 5.74) is 0.460. The molecule has 0 bridgehead atoms. The Bertz CT molecular complexity index is 540. The first-order valence-electron chi connectivity index (χ1n) is 4.28. The third-order valence-corrected chi connectivity index (χ3v) is 3.28. The van der Waals surface area contributed by atoms with Crippen molar-refractivity contribution in [3.05, 3.63) is 23.8 Å². The summed E-state index contributed by atoms with van der Waals surface area (Å²) >= 11 is 0.894. The van der Waals surface area contributed by atoms with Gasteiger partial charge < -0.3 is 9.66 Å². The Hall–Kier alpha value is -1.20. The first-order valence-corrected chi connectivity index (χ1v) is 6.46. The number of hydrogen-bond donors (Lipinski definition) is 1. The minimum atomic E-state index is -4.21. The van der Waals surface area contributed by atoms with Crippen LogP contribution < -0.4 is 4.18 Å². The molecule has 1 rings (SSSR count). The zero-order valence-corrected chi connectivity index (χ0v) is 10.9. The molecule has 0 amide bonds. The predicted octanol–water partition coefficient (Wildman–Crippen LogP) is 1.42. The average molecular weight is 276 g/mol. The Balaban J connectivity index is 0.00000256. The summed E-state index contributed by atoms with van der Waals surface area (Å²) in [6.07, 6.45) is 0. The molecule has 17 heavy (non-hydrogen) atoms. The fraction of sp³-hybridized carbons (Fsp3) is 0.200. The highest BCUT2D eigenvalue weighted by Gasteiger charge is 2.14. The van der Waals surface area contributed by atoms with E-state index in [-0.39, 0.29) is 10.4 Å². The predicted molar refractivity (Wildman–Crippen MR) is 66.3 cm³/mol. The molecule has 5 nitrogen and oxygen atoms in total. The second kappa shape index (κ2) is 6.51. The Kier molecular flexibility index (Phi) is 6.05. The van der Waals surface area contributed by atoms with E-state index in [0.29, 0.717) is 11.3 Å². The molecule has 0 aliphatic rings. The molecule has 0 aliphatic heterocycles. The third kappa shape index (κ3) is 4.66. The molecule has 3 N–H and O–H groups in total. The summed E-state index contributed by atoms with van der Waals surface area (Å²) in [6, 6.07) is 4.42. The van der Waals surface area contributed by atoms with Crippen molar-refractivity contribution in [2.75, 3.05) is 0 Å². The van der Waals surface area contributed by atoms with Crippen LogP contribution >= 0.6 is 12.0 Å². The molecular weight excluding hydrogens is 264 g/mol. The van der Waals surface area contributed by atoms with Gasteiger partial charge in [-0.3, -0.25) is 4.55 Å². The van der Waals surface area contributed by atoms with Gasteiger partial charge in [0, 0.05) is 11.3 Å². The fourth-order valence-electron chi connectivity index (χ4n) is 1.02. The molecule has 0 spiro atoms. The van der Waals surface area contributed by atoms with Crippen LogP contribution in [0, 0.1) is 18.1 Å². The first kappa shape index (κ1) is 15.8. The maximum Gasteiger partial charge on any atom is 0.294 e. The number of rotatable bonds is 3. The van der Waals surface area contributed by atoms with Gasteiger partial charge in [-0.25, -0.2) is 0 Å². The molecule has 0 fully saturated rings. The van der Waals surface area contributed by atoms with Gasteiger partial charge in [0.15, 0.2) is 0 Å². The standard InChI is InChI=1S/C10H10O4S2.H2O/c1-3-6-15-14-9-5-4-8(2)10(7-9)16(11,12)13;/h4-5,7H,1-2H3,(H,11,12,13);1H2. The molecule has 0 heterocycles. The van der Waals surface area contributed by atoms with Gasteiger partial charge in [0.2, 0.25) is 0 Å². The quantitative estimate of drug-likeness (QED) is 0.512. The first-order chi connectivity index (χ1) is 7.45. The van der Waals surface area contributed by atoms with Crippen molar-refractivity contribution in [1.82, 2.24) is 0 Å². The Morgan fingerprint density at radius 2 is 2.06 bits per heavy atom. The average Bonchev–Trinajstić information content (AvgIpc) is 2.19. The second-order valence-corrected chi connectivity index (χ2v) is 4.85. The van der Waals surface area contributed by atoms with Crippen molar-refractivity contribution >= 4 is 22.2 Å². The van der Waals surface area contributed by atoms with Gasteiger partial charge in [-0.1, -0.05) is 12.0 Å². The lowest BCUT2D eigenvalue weighted by Crippen LogP contribution is -2.00. The van der Waals surface area contributed by atoms with Crippen LogP contribution in [0.15, 0.2) is 23.1 Å². The largest absolute Gasteiger partial charge is 0.412 e. The van der Waals surface area contributed by atoms with Crippen LogP contribution in [-0.4, -0.2) is 18.4 Å². The van der Waals surface area contributed by atoms with Crippen LogP contribution in [0.2, 0.25) is 0 Å². The summed E-state index contributed by atoms with van der Waals surface area (Å²) in [7, 11) is -4.21. The van der Waals surface area contributed by atoms with E-state index >= 15 is 0 Å². The lowest BCUT2D eigenvalue weighted by atomic mass is 10.2. The molecule has 7 heteroatoms. The van der Waals surface area contributed by atoms with Crippen LogP contribution in [0.4, 0.5) is 0 Å². The summed E-state index contributed by atoms with van der Waals surface area (Å²) in [5, 5.41) is 2.60. The number of hydrogen-bond acceptors (Lipinski definition) is 4. The van der Waals surface area contributed by atoms with E-state index in [4.69, 9.17) is 8.74 Å². The molecule has 1 aromatic rings. The summed E-state index contributed by atoms with van der Waals surface area (Å²) in [5.74, 6) is 2.94. The number of benzene rings is 1. The zero-order chi connectivity index (χ0) is 12.2. The van der Waals surface area contributed by atoms with Gasteiger partial charge in [-0.15, -0.1) is 0 Å². The molecule has 0 radical (unpaired) electrons. The van der Waals surface area contributed by atoms with Gasteiger partial charge in [-0.2, -0.15) is 8.42 Å². The lowest BCUT2D eigenvalue weighted by molar-refractivity contribution is 0.482. The topological polar surface area (TPSA) is 95.1 Å². The van der Waals surface area contributed by atoms with Crippen molar-refractivity contribution < 1.29 is 22.6 Å². The zero-order valence-electron chi connectivity index (χ0n) is 9.22. The van der Waals surface area contributed by atoms with E-state index in [2.05, 4.69) is 11.2 Å². The van der Waals surface area contributed by atoms with Crippen LogP contribution in [0.5, 0.6) is 5.75 Å². The van der Waals surface area contributed by atoms with E-state index in [1.807, 2.05) is 0 Å².